The Labute approximate surface area is 192 Å². The third-order valence-corrected chi connectivity index (χ3v) is 6.78. The van der Waals surface area contributed by atoms with Gasteiger partial charge in [-0.1, -0.05) is 34.3 Å². The molecule has 11 heteroatoms. The van der Waals surface area contributed by atoms with Crippen LogP contribution in [-0.2, 0) is 6.54 Å². The monoisotopic (exact) mass is 470 g/mol. The van der Waals surface area contributed by atoms with Crippen LogP contribution in [0.4, 0.5) is 15.5 Å². The van der Waals surface area contributed by atoms with Crippen LogP contribution in [0.1, 0.15) is 28.5 Å². The summed E-state index contributed by atoms with van der Waals surface area (Å²) < 4.78 is 5.65. The van der Waals surface area contributed by atoms with Gasteiger partial charge in [-0.2, -0.15) is 0 Å². The molecule has 3 aromatic rings. The molecule has 0 unspecified atom stereocenters. The molecule has 0 radical (unpaired) electrons. The van der Waals surface area contributed by atoms with Gasteiger partial charge in [0.25, 0.3) is 11.5 Å². The van der Waals surface area contributed by atoms with Crippen molar-refractivity contribution in [2.45, 2.75) is 18.9 Å². The highest BCUT2D eigenvalue weighted by atomic mass is 35.5. The number of carbonyl (C=O) groups excluding carboxylic acids is 2. The summed E-state index contributed by atoms with van der Waals surface area (Å²) in [5.74, 6) is -0.203. The van der Waals surface area contributed by atoms with E-state index in [4.69, 9.17) is 11.6 Å². The summed E-state index contributed by atoms with van der Waals surface area (Å²) in [6, 6.07) is 11.8. The minimum Gasteiger partial charge on any atom is -0.323 e. The zero-order chi connectivity index (χ0) is 22.2. The van der Waals surface area contributed by atoms with Crippen LogP contribution < -0.4 is 16.2 Å². The van der Waals surface area contributed by atoms with Gasteiger partial charge in [-0.05, 0) is 30.5 Å². The number of halogens is 1. The maximum absolute atomic E-state index is 13.0. The Hall–Kier alpha value is -3.24. The maximum Gasteiger partial charge on any atom is 0.322 e. The van der Waals surface area contributed by atoms with Crippen LogP contribution in [0.5, 0.6) is 0 Å². The Kier molecular flexibility index (Phi) is 5.40. The number of nitrogens with zero attached hydrogens (tertiary/aromatic N) is 4. The molecule has 2 bridgehead atoms. The Bertz CT molecular complexity index is 1260. The second kappa shape index (κ2) is 8.36. The van der Waals surface area contributed by atoms with Crippen molar-refractivity contribution < 1.29 is 9.59 Å². The average Bonchev–Trinajstić information content (AvgIpc) is 3.24. The molecule has 5 rings (SSSR count). The number of rotatable bonds is 3. The van der Waals surface area contributed by atoms with Crippen molar-refractivity contribution in [2.24, 2.45) is 5.92 Å². The van der Waals surface area contributed by atoms with E-state index in [-0.39, 0.29) is 34.1 Å². The van der Waals surface area contributed by atoms with Crippen LogP contribution in [-0.4, -0.2) is 44.1 Å². The lowest BCUT2D eigenvalue weighted by Gasteiger charge is -2.42. The Morgan fingerprint density at radius 3 is 2.75 bits per heavy atom. The van der Waals surface area contributed by atoms with Crippen LogP contribution in [0.25, 0.3) is 0 Å². The van der Waals surface area contributed by atoms with Gasteiger partial charge in [-0.15, -0.1) is 5.10 Å². The fraction of sp³-hybridized carbons (Fsp3) is 0.286. The molecule has 164 valence electrons. The molecule has 3 amide bonds. The predicted octanol–water partition coefficient (Wildman–Crippen LogP) is 3.26. The number of aromatic nitrogens is 3. The highest BCUT2D eigenvalue weighted by molar-refractivity contribution is 7.10. The molecule has 32 heavy (non-hydrogen) atoms. The highest BCUT2D eigenvalue weighted by Gasteiger charge is 2.36. The summed E-state index contributed by atoms with van der Waals surface area (Å²) in [7, 11) is 0. The number of urea groups is 1. The normalized spacial score (nSPS) is 19.2. The van der Waals surface area contributed by atoms with Gasteiger partial charge in [-0.25, -0.2) is 4.79 Å². The second-order valence-corrected chi connectivity index (χ2v) is 9.08. The second-order valence-electron chi connectivity index (χ2n) is 7.92. The van der Waals surface area contributed by atoms with Crippen molar-refractivity contribution in [2.75, 3.05) is 23.7 Å². The molecular formula is C21H19ClN6O3S. The molecule has 2 N–H and O–H groups in total. The van der Waals surface area contributed by atoms with Gasteiger partial charge >= 0.3 is 6.03 Å². The van der Waals surface area contributed by atoms with Gasteiger partial charge < -0.3 is 14.8 Å². The number of piperidine rings is 1. The van der Waals surface area contributed by atoms with Crippen molar-refractivity contribution in [3.05, 3.63) is 69.2 Å². The van der Waals surface area contributed by atoms with E-state index in [1.54, 1.807) is 41.3 Å². The number of amides is 3. The SMILES string of the molecule is O=C(Nc1ccccc1Cl)c1nnsc1NC(=O)N1C[C@H]2C[C@@H](C1)c1cccc(=O)n1C2. The smallest absolute Gasteiger partial charge is 0.322 e. The number of anilines is 2. The quantitative estimate of drug-likeness (QED) is 0.610. The van der Waals surface area contributed by atoms with E-state index in [1.165, 1.54) is 0 Å². The summed E-state index contributed by atoms with van der Waals surface area (Å²) >= 11 is 7.04. The molecular weight excluding hydrogens is 452 g/mol. The number of likely N-dealkylation sites (tertiary alicyclic amines) is 1. The third kappa shape index (κ3) is 3.87. The van der Waals surface area contributed by atoms with Gasteiger partial charge in [0.2, 0.25) is 0 Å². The van der Waals surface area contributed by atoms with Crippen LogP contribution >= 0.6 is 23.1 Å². The Morgan fingerprint density at radius 2 is 1.91 bits per heavy atom. The van der Waals surface area contributed by atoms with E-state index >= 15 is 0 Å². The minimum atomic E-state index is -0.508. The first-order valence-electron chi connectivity index (χ1n) is 10.1. The van der Waals surface area contributed by atoms with Crippen molar-refractivity contribution >= 4 is 45.8 Å². The van der Waals surface area contributed by atoms with Crippen molar-refractivity contribution in [1.29, 1.82) is 0 Å². The molecule has 2 aromatic heterocycles. The fourth-order valence-corrected chi connectivity index (χ4v) is 5.14. The Balaban J connectivity index is 1.30. The zero-order valence-electron chi connectivity index (χ0n) is 16.8. The minimum absolute atomic E-state index is 0.00000882. The van der Waals surface area contributed by atoms with Crippen LogP contribution in [0, 0.1) is 5.92 Å². The standard InChI is InChI=1S/C21H19ClN6O3S/c22-14-4-1-2-5-15(14)23-19(30)18-20(32-26-25-18)24-21(31)27-9-12-8-13(11-27)16-6-3-7-17(29)28(16)10-12/h1-7,12-13H,8-11H2,(H,23,30)(H,24,31)/t12-,13+/m1/s1. The van der Waals surface area contributed by atoms with E-state index in [0.717, 1.165) is 23.6 Å². The van der Waals surface area contributed by atoms with E-state index in [9.17, 15) is 14.4 Å². The van der Waals surface area contributed by atoms with E-state index in [0.29, 0.717) is 30.3 Å². The molecule has 2 atom stereocenters. The summed E-state index contributed by atoms with van der Waals surface area (Å²) in [5, 5.41) is 10.0. The summed E-state index contributed by atoms with van der Waals surface area (Å²) in [5.41, 5.74) is 1.44. The van der Waals surface area contributed by atoms with Crippen molar-refractivity contribution in [3.8, 4) is 0 Å². The molecule has 1 fully saturated rings. The number of carbonyl (C=O) groups is 2. The molecule has 1 saturated heterocycles. The number of fused-ring (bicyclic) bond motifs is 4. The largest absolute Gasteiger partial charge is 0.323 e. The lowest BCUT2D eigenvalue weighted by molar-refractivity contribution is 0.102. The number of para-hydroxylation sites is 1. The van der Waals surface area contributed by atoms with E-state index in [2.05, 4.69) is 20.2 Å². The van der Waals surface area contributed by atoms with E-state index in [1.807, 2.05) is 10.6 Å². The molecule has 0 aliphatic carbocycles. The van der Waals surface area contributed by atoms with Crippen LogP contribution in [0.15, 0.2) is 47.3 Å². The third-order valence-electron chi connectivity index (χ3n) is 5.81. The van der Waals surface area contributed by atoms with E-state index < -0.39 is 5.91 Å². The molecule has 1 aromatic carbocycles. The predicted molar refractivity (Wildman–Crippen MR) is 121 cm³/mol. The molecule has 9 nitrogen and oxygen atoms in total. The molecule has 4 heterocycles. The lowest BCUT2D eigenvalue weighted by atomic mass is 9.83. The first kappa shape index (κ1) is 20.7. The summed E-state index contributed by atoms with van der Waals surface area (Å²) in [6.07, 6.45) is 0.945. The molecule has 0 spiro atoms. The fourth-order valence-electron chi connectivity index (χ4n) is 4.40. The topological polar surface area (TPSA) is 109 Å². The Morgan fingerprint density at radius 1 is 1.06 bits per heavy atom. The van der Waals surface area contributed by atoms with Gasteiger partial charge in [0, 0.05) is 48.8 Å². The number of nitrogens with one attached hydrogen (secondary N) is 2. The van der Waals surface area contributed by atoms with Gasteiger partial charge in [-0.3, -0.25) is 14.9 Å². The number of hydrogen-bond donors (Lipinski definition) is 2. The van der Waals surface area contributed by atoms with Gasteiger partial charge in [0.05, 0.1) is 10.7 Å². The maximum atomic E-state index is 13.0. The van der Waals surface area contributed by atoms with Crippen LogP contribution in [0.3, 0.4) is 0 Å². The highest BCUT2D eigenvalue weighted by Crippen LogP contribution is 2.35. The van der Waals surface area contributed by atoms with Gasteiger partial charge in [0.1, 0.15) is 0 Å². The average molecular weight is 471 g/mol. The van der Waals surface area contributed by atoms with Gasteiger partial charge in [0.15, 0.2) is 10.7 Å². The van der Waals surface area contributed by atoms with Crippen molar-refractivity contribution in [1.82, 2.24) is 19.1 Å². The first-order chi connectivity index (χ1) is 15.5. The molecule has 0 saturated carbocycles. The van der Waals surface area contributed by atoms with Crippen molar-refractivity contribution in [3.63, 3.8) is 0 Å². The lowest BCUT2D eigenvalue weighted by Crippen LogP contribution is -2.50. The molecule has 2 aliphatic rings. The first-order valence-corrected chi connectivity index (χ1v) is 11.3. The van der Waals surface area contributed by atoms with Crippen LogP contribution in [0.2, 0.25) is 5.02 Å². The summed E-state index contributed by atoms with van der Waals surface area (Å²) in [6.45, 7) is 1.64. The summed E-state index contributed by atoms with van der Waals surface area (Å²) in [4.78, 5) is 39.6. The number of pyridine rings is 1. The number of benzene rings is 1. The molecule has 2 aliphatic heterocycles. The number of hydrogen-bond acceptors (Lipinski definition) is 6. The zero-order valence-corrected chi connectivity index (χ0v) is 18.4.